The number of aliphatic hydroxyl groups is 1. The number of hydrogen-bond donors (Lipinski definition) is 3. The van der Waals surface area contributed by atoms with Crippen LogP contribution in [0.25, 0.3) is 10.9 Å². The van der Waals surface area contributed by atoms with E-state index in [4.69, 9.17) is 19.3 Å². The van der Waals surface area contributed by atoms with Crippen LogP contribution < -0.4 is 24.8 Å². The van der Waals surface area contributed by atoms with Crippen molar-refractivity contribution in [3.8, 4) is 23.0 Å². The Bertz CT molecular complexity index is 1740. The average molecular weight is 634 g/mol. The highest BCUT2D eigenvalue weighted by Gasteiger charge is 2.56. The van der Waals surface area contributed by atoms with Crippen molar-refractivity contribution in [1.82, 2.24) is 4.98 Å². The number of benzene rings is 3. The zero-order valence-corrected chi connectivity index (χ0v) is 25.1. The summed E-state index contributed by atoms with van der Waals surface area (Å²) >= 11 is 0. The third-order valence-corrected chi connectivity index (χ3v) is 7.59. The molecular weight excluding hydrogens is 600 g/mol. The van der Waals surface area contributed by atoms with Crippen molar-refractivity contribution >= 4 is 39.9 Å². The molecule has 1 heterocycles. The number of aromatic nitrogens is 1. The lowest BCUT2D eigenvalue weighted by atomic mass is 10.0. The number of ketones is 1. The van der Waals surface area contributed by atoms with E-state index in [1.54, 1.807) is 18.2 Å². The normalized spacial score (nSPS) is 13.1. The molecule has 3 aromatic carbocycles. The predicted molar refractivity (Wildman–Crippen MR) is 166 cm³/mol. The molecule has 240 valence electrons. The van der Waals surface area contributed by atoms with Crippen LogP contribution in [-0.4, -0.2) is 48.0 Å². The summed E-state index contributed by atoms with van der Waals surface area (Å²) in [6.07, 6.45) is 3.72. The van der Waals surface area contributed by atoms with E-state index in [0.29, 0.717) is 72.4 Å². The summed E-state index contributed by atoms with van der Waals surface area (Å²) < 4.78 is 45.7. The predicted octanol–water partition coefficient (Wildman–Crippen LogP) is 6.17. The molecule has 1 aromatic heterocycles. The van der Waals surface area contributed by atoms with Gasteiger partial charge in [-0.05, 0) is 74.2 Å². The van der Waals surface area contributed by atoms with Crippen molar-refractivity contribution in [2.75, 3.05) is 31.0 Å². The number of halogens is 2. The number of anilines is 2. The van der Waals surface area contributed by atoms with Crippen molar-refractivity contribution in [2.24, 2.45) is 5.41 Å². The number of fused-ring (bicyclic) bond motifs is 1. The lowest BCUT2D eigenvalue weighted by Gasteiger charge is -2.16. The van der Waals surface area contributed by atoms with Gasteiger partial charge in [0, 0.05) is 54.5 Å². The summed E-state index contributed by atoms with van der Waals surface area (Å²) in [6, 6.07) is 14.1. The fourth-order valence-corrected chi connectivity index (χ4v) is 4.84. The summed E-state index contributed by atoms with van der Waals surface area (Å²) in [7, 11) is 1.49. The van der Waals surface area contributed by atoms with Gasteiger partial charge in [-0.3, -0.25) is 19.4 Å². The molecule has 1 saturated carbocycles. The molecule has 4 aromatic rings. The number of methoxy groups -OCH3 is 1. The Kier molecular flexibility index (Phi) is 10.1. The number of carbonyl (C=O) groups is 3. The van der Waals surface area contributed by atoms with E-state index >= 15 is 4.39 Å². The molecule has 0 aliphatic heterocycles. The van der Waals surface area contributed by atoms with Crippen LogP contribution >= 0.6 is 0 Å². The minimum Gasteiger partial charge on any atom is -0.493 e. The van der Waals surface area contributed by atoms with Gasteiger partial charge in [0.25, 0.3) is 0 Å². The summed E-state index contributed by atoms with van der Waals surface area (Å²) in [4.78, 5) is 42.1. The van der Waals surface area contributed by atoms with Gasteiger partial charge >= 0.3 is 0 Å². The van der Waals surface area contributed by atoms with Crippen molar-refractivity contribution in [3.63, 3.8) is 0 Å². The first-order chi connectivity index (χ1) is 22.2. The SMILES string of the molecule is COc1cc2nccc(Oc3ccc(NC(=O)C4(C(=O)Nc5ccc(F)cc5)CC4)cc3F)c2cc1OCCCC(=O)CCCO. The van der Waals surface area contributed by atoms with Gasteiger partial charge < -0.3 is 30.0 Å². The van der Waals surface area contributed by atoms with E-state index in [1.807, 2.05) is 0 Å². The Morgan fingerprint density at radius 2 is 1.54 bits per heavy atom. The monoisotopic (exact) mass is 633 g/mol. The van der Waals surface area contributed by atoms with Crippen molar-refractivity contribution in [2.45, 2.75) is 38.5 Å². The standard InChI is InChI=1S/C34H33F2N3O7/c1-44-30-20-27-25(19-31(30)45-17-3-5-24(41)4-2-16-40)28(12-15-37-27)46-29-11-10-23(18-26(29)36)39-33(43)34(13-14-34)32(42)38-22-8-6-21(35)7-9-22/h6-12,15,18-20,40H,2-5,13-14,16-17H2,1H3,(H,38,42)(H,39,43). The number of amides is 2. The fourth-order valence-electron chi connectivity index (χ4n) is 4.84. The van der Waals surface area contributed by atoms with Crippen LogP contribution in [0.5, 0.6) is 23.0 Å². The van der Waals surface area contributed by atoms with Gasteiger partial charge in [-0.2, -0.15) is 0 Å². The first-order valence-corrected chi connectivity index (χ1v) is 14.8. The molecule has 0 unspecified atom stereocenters. The summed E-state index contributed by atoms with van der Waals surface area (Å²) in [5.74, 6) is -1.24. The highest BCUT2D eigenvalue weighted by molar-refractivity contribution is 6.16. The topological polar surface area (TPSA) is 136 Å². The number of aliphatic hydroxyl groups excluding tert-OH is 1. The van der Waals surface area contributed by atoms with Gasteiger partial charge in [-0.15, -0.1) is 0 Å². The first kappa shape index (κ1) is 32.3. The summed E-state index contributed by atoms with van der Waals surface area (Å²) in [5, 5.41) is 14.7. The largest absolute Gasteiger partial charge is 0.493 e. The van der Waals surface area contributed by atoms with Crippen LogP contribution in [0.4, 0.5) is 20.2 Å². The summed E-state index contributed by atoms with van der Waals surface area (Å²) in [5.41, 5.74) is -0.281. The van der Waals surface area contributed by atoms with Gasteiger partial charge in [0.15, 0.2) is 23.1 Å². The molecule has 0 saturated heterocycles. The Balaban J connectivity index is 1.25. The third-order valence-electron chi connectivity index (χ3n) is 7.59. The highest BCUT2D eigenvalue weighted by atomic mass is 19.1. The lowest BCUT2D eigenvalue weighted by Crippen LogP contribution is -2.35. The second-order valence-electron chi connectivity index (χ2n) is 10.9. The van der Waals surface area contributed by atoms with Crippen LogP contribution in [0.15, 0.2) is 66.9 Å². The zero-order chi connectivity index (χ0) is 32.7. The van der Waals surface area contributed by atoms with Gasteiger partial charge in [0.05, 0.1) is 19.2 Å². The maximum atomic E-state index is 15.2. The Morgan fingerprint density at radius 1 is 0.848 bits per heavy atom. The van der Waals surface area contributed by atoms with E-state index in [0.717, 1.165) is 6.07 Å². The molecule has 46 heavy (non-hydrogen) atoms. The highest BCUT2D eigenvalue weighted by Crippen LogP contribution is 2.47. The molecule has 0 radical (unpaired) electrons. The Hall–Kier alpha value is -5.10. The second kappa shape index (κ2) is 14.3. The lowest BCUT2D eigenvalue weighted by molar-refractivity contribution is -0.131. The summed E-state index contributed by atoms with van der Waals surface area (Å²) in [6.45, 7) is 0.224. The van der Waals surface area contributed by atoms with Crippen LogP contribution in [0, 0.1) is 17.0 Å². The molecule has 12 heteroatoms. The molecule has 0 atom stereocenters. The number of ether oxygens (including phenoxy) is 3. The molecule has 5 rings (SSSR count). The Labute approximate surface area is 263 Å². The third kappa shape index (κ3) is 7.57. The van der Waals surface area contributed by atoms with Gasteiger partial charge in [-0.25, -0.2) is 8.78 Å². The van der Waals surface area contributed by atoms with Crippen LogP contribution in [0.1, 0.15) is 38.5 Å². The fraction of sp³-hybridized carbons (Fsp3) is 0.294. The van der Waals surface area contributed by atoms with E-state index < -0.39 is 28.9 Å². The quantitative estimate of drug-likeness (QED) is 0.104. The number of nitrogens with one attached hydrogen (secondary N) is 2. The number of Topliss-reactive ketones (excluding diaryl/α,β-unsaturated/α-hetero) is 1. The van der Waals surface area contributed by atoms with Crippen LogP contribution in [0.2, 0.25) is 0 Å². The van der Waals surface area contributed by atoms with E-state index in [-0.39, 0.29) is 30.4 Å². The van der Waals surface area contributed by atoms with Crippen LogP contribution in [0.3, 0.4) is 0 Å². The van der Waals surface area contributed by atoms with Crippen molar-refractivity contribution < 1.29 is 42.5 Å². The molecule has 3 N–H and O–H groups in total. The number of carbonyl (C=O) groups excluding carboxylic acids is 3. The number of pyridine rings is 1. The van der Waals surface area contributed by atoms with E-state index in [2.05, 4.69) is 15.6 Å². The van der Waals surface area contributed by atoms with Gasteiger partial charge in [0.2, 0.25) is 11.8 Å². The molecule has 2 amide bonds. The molecule has 1 fully saturated rings. The maximum absolute atomic E-state index is 15.2. The number of rotatable bonds is 15. The zero-order valence-electron chi connectivity index (χ0n) is 25.1. The minimum absolute atomic E-state index is 0.0264. The average Bonchev–Trinajstić information content (AvgIpc) is 3.87. The van der Waals surface area contributed by atoms with E-state index in [9.17, 15) is 18.8 Å². The first-order valence-electron chi connectivity index (χ1n) is 14.8. The minimum atomic E-state index is -1.30. The molecule has 0 bridgehead atoms. The molecule has 10 nitrogen and oxygen atoms in total. The van der Waals surface area contributed by atoms with E-state index in [1.165, 1.54) is 49.7 Å². The Morgan fingerprint density at radius 3 is 2.22 bits per heavy atom. The molecule has 1 aliphatic carbocycles. The number of nitrogens with zero attached hydrogens (tertiary/aromatic N) is 1. The smallest absolute Gasteiger partial charge is 0.240 e. The maximum Gasteiger partial charge on any atom is 0.240 e. The van der Waals surface area contributed by atoms with Crippen molar-refractivity contribution in [1.29, 1.82) is 0 Å². The van der Waals surface area contributed by atoms with Crippen LogP contribution in [-0.2, 0) is 14.4 Å². The van der Waals surface area contributed by atoms with Crippen molar-refractivity contribution in [3.05, 3.63) is 78.5 Å². The second-order valence-corrected chi connectivity index (χ2v) is 10.9. The molecule has 0 spiro atoms. The van der Waals surface area contributed by atoms with Gasteiger partial charge in [0.1, 0.15) is 22.8 Å². The molecular formula is C34H33F2N3O7. The number of hydrogen-bond acceptors (Lipinski definition) is 8. The van der Waals surface area contributed by atoms with Gasteiger partial charge in [-0.1, -0.05) is 0 Å². The molecule has 1 aliphatic rings.